The Morgan fingerprint density at radius 2 is 1.96 bits per heavy atom. The zero-order chi connectivity index (χ0) is 19.5. The van der Waals surface area contributed by atoms with E-state index in [2.05, 4.69) is 34.3 Å². The lowest BCUT2D eigenvalue weighted by molar-refractivity contribution is -0.137. The third-order valence-electron chi connectivity index (χ3n) is 6.60. The van der Waals surface area contributed by atoms with E-state index in [1.807, 2.05) is 0 Å². The molecule has 0 aromatic heterocycles. The summed E-state index contributed by atoms with van der Waals surface area (Å²) >= 11 is 1.78. The lowest BCUT2D eigenvalue weighted by atomic mass is 9.96. The van der Waals surface area contributed by atoms with Gasteiger partial charge in [-0.05, 0) is 61.6 Å². The average molecular weight is 404 g/mol. The van der Waals surface area contributed by atoms with Gasteiger partial charge in [-0.2, -0.15) is 0 Å². The highest BCUT2D eigenvalue weighted by atomic mass is 32.2. The van der Waals surface area contributed by atoms with Crippen LogP contribution in [0.1, 0.15) is 36.8 Å². The van der Waals surface area contributed by atoms with E-state index in [0.717, 1.165) is 71.5 Å². The highest BCUT2D eigenvalue weighted by Crippen LogP contribution is 2.28. The van der Waals surface area contributed by atoms with E-state index in [1.165, 1.54) is 16.0 Å². The molecule has 3 aliphatic heterocycles. The number of nitrogens with zero attached hydrogens (tertiary/aromatic N) is 2. The Balaban J connectivity index is 1.44. The van der Waals surface area contributed by atoms with E-state index < -0.39 is 0 Å². The van der Waals surface area contributed by atoms with Crippen molar-refractivity contribution in [1.29, 1.82) is 0 Å². The third kappa shape index (κ3) is 4.56. The highest BCUT2D eigenvalue weighted by Gasteiger charge is 2.34. The van der Waals surface area contributed by atoms with Crippen LogP contribution >= 0.6 is 11.8 Å². The molecule has 4 rings (SSSR count). The van der Waals surface area contributed by atoms with Gasteiger partial charge in [0, 0.05) is 56.4 Å². The van der Waals surface area contributed by atoms with Crippen molar-refractivity contribution in [3.05, 3.63) is 29.3 Å². The standard InChI is InChI=1S/C22H33N3O2S/c1-28-21-5-3-17-13-24(9-6-16(17)12-21)22(26)18-2-4-19(23)15-25(14-18)20-7-10-27-11-8-20/h3,5,12,18-20H,2,4,6-11,13-15,23H2,1H3/t18-,19+/m1/s1. The molecule has 0 unspecified atom stereocenters. The maximum atomic E-state index is 13.4. The van der Waals surface area contributed by atoms with Gasteiger partial charge >= 0.3 is 0 Å². The van der Waals surface area contributed by atoms with Gasteiger partial charge in [0.25, 0.3) is 0 Å². The lowest BCUT2D eigenvalue weighted by Crippen LogP contribution is -2.48. The fourth-order valence-corrected chi connectivity index (χ4v) is 5.37. The summed E-state index contributed by atoms with van der Waals surface area (Å²) in [5.41, 5.74) is 9.08. The van der Waals surface area contributed by atoms with Crippen LogP contribution in [0.4, 0.5) is 0 Å². The van der Waals surface area contributed by atoms with E-state index in [0.29, 0.717) is 11.9 Å². The number of amides is 1. The quantitative estimate of drug-likeness (QED) is 0.786. The van der Waals surface area contributed by atoms with E-state index in [1.54, 1.807) is 11.8 Å². The van der Waals surface area contributed by atoms with Gasteiger partial charge in [0.05, 0.1) is 5.92 Å². The van der Waals surface area contributed by atoms with E-state index >= 15 is 0 Å². The number of carbonyl (C=O) groups is 1. The molecule has 2 N–H and O–H groups in total. The van der Waals surface area contributed by atoms with Gasteiger partial charge in [-0.15, -0.1) is 11.8 Å². The smallest absolute Gasteiger partial charge is 0.227 e. The molecule has 1 amide bonds. The number of hydrogen-bond acceptors (Lipinski definition) is 5. The number of likely N-dealkylation sites (tertiary alicyclic amines) is 1. The fraction of sp³-hybridized carbons (Fsp3) is 0.682. The SMILES string of the molecule is CSc1ccc2c(c1)CCN(C(=O)[C@@H]1CC[C@H](N)CN(C3CCOCC3)C1)C2. The van der Waals surface area contributed by atoms with Crippen molar-refractivity contribution in [2.45, 2.75) is 55.6 Å². The van der Waals surface area contributed by atoms with Gasteiger partial charge in [-0.25, -0.2) is 0 Å². The highest BCUT2D eigenvalue weighted by molar-refractivity contribution is 7.98. The van der Waals surface area contributed by atoms with Crippen LogP contribution in [0.5, 0.6) is 0 Å². The second-order valence-electron chi connectivity index (χ2n) is 8.48. The molecule has 0 radical (unpaired) electrons. The minimum absolute atomic E-state index is 0.0726. The van der Waals surface area contributed by atoms with Crippen molar-refractivity contribution in [2.75, 3.05) is 39.1 Å². The Morgan fingerprint density at radius 1 is 1.14 bits per heavy atom. The van der Waals surface area contributed by atoms with Gasteiger partial charge < -0.3 is 15.4 Å². The maximum Gasteiger partial charge on any atom is 0.227 e. The number of thioether (sulfide) groups is 1. The summed E-state index contributed by atoms with van der Waals surface area (Å²) in [6.45, 7) is 5.01. The van der Waals surface area contributed by atoms with Crippen LogP contribution < -0.4 is 5.73 Å². The Labute approximate surface area is 173 Å². The summed E-state index contributed by atoms with van der Waals surface area (Å²) in [5, 5.41) is 0. The van der Waals surface area contributed by atoms with Crippen molar-refractivity contribution < 1.29 is 9.53 Å². The number of carbonyl (C=O) groups excluding carboxylic acids is 1. The van der Waals surface area contributed by atoms with Crippen molar-refractivity contribution in [3.8, 4) is 0 Å². The van der Waals surface area contributed by atoms with Crippen LogP contribution in [-0.4, -0.2) is 66.9 Å². The Hall–Kier alpha value is -1.08. The normalized spacial score (nSPS) is 27.3. The predicted molar refractivity (Wildman–Crippen MR) is 113 cm³/mol. The second kappa shape index (κ2) is 9.16. The van der Waals surface area contributed by atoms with Crippen LogP contribution in [0.3, 0.4) is 0 Å². The van der Waals surface area contributed by atoms with Crippen molar-refractivity contribution >= 4 is 17.7 Å². The molecule has 0 spiro atoms. The number of nitrogens with two attached hydrogens (primary N) is 1. The topological polar surface area (TPSA) is 58.8 Å². The molecule has 154 valence electrons. The zero-order valence-electron chi connectivity index (χ0n) is 16.9. The molecule has 5 nitrogen and oxygen atoms in total. The molecule has 1 aromatic carbocycles. The molecular formula is C22H33N3O2S. The Kier molecular flexibility index (Phi) is 6.61. The first-order valence-electron chi connectivity index (χ1n) is 10.7. The summed E-state index contributed by atoms with van der Waals surface area (Å²) in [5.74, 6) is 0.397. The monoisotopic (exact) mass is 403 g/mol. The van der Waals surface area contributed by atoms with E-state index in [9.17, 15) is 4.79 Å². The number of ether oxygens (including phenoxy) is 1. The van der Waals surface area contributed by atoms with Crippen LogP contribution in [0.25, 0.3) is 0 Å². The molecule has 0 saturated carbocycles. The molecule has 1 aromatic rings. The molecule has 0 aliphatic carbocycles. The van der Waals surface area contributed by atoms with Crippen LogP contribution in [0.15, 0.2) is 23.1 Å². The summed E-state index contributed by atoms with van der Waals surface area (Å²) in [4.78, 5) is 19.3. The number of fused-ring (bicyclic) bond motifs is 1. The summed E-state index contributed by atoms with van der Waals surface area (Å²) < 4.78 is 5.53. The van der Waals surface area contributed by atoms with Gasteiger partial charge in [-0.1, -0.05) is 6.07 Å². The first-order valence-corrected chi connectivity index (χ1v) is 11.9. The number of hydrogen-bond donors (Lipinski definition) is 1. The minimum atomic E-state index is 0.0726. The maximum absolute atomic E-state index is 13.4. The van der Waals surface area contributed by atoms with Crippen molar-refractivity contribution in [2.24, 2.45) is 11.7 Å². The minimum Gasteiger partial charge on any atom is -0.381 e. The summed E-state index contributed by atoms with van der Waals surface area (Å²) in [6, 6.07) is 7.36. The molecule has 3 aliphatic rings. The first-order chi connectivity index (χ1) is 13.6. The largest absolute Gasteiger partial charge is 0.381 e. The average Bonchev–Trinajstić information content (AvgIpc) is 2.95. The second-order valence-corrected chi connectivity index (χ2v) is 9.36. The molecule has 2 fully saturated rings. The molecule has 28 heavy (non-hydrogen) atoms. The molecule has 2 atom stereocenters. The van der Waals surface area contributed by atoms with Crippen LogP contribution in [0, 0.1) is 5.92 Å². The lowest BCUT2D eigenvalue weighted by Gasteiger charge is -2.37. The summed E-state index contributed by atoms with van der Waals surface area (Å²) in [6.07, 6.45) is 7.05. The first kappa shape index (κ1) is 20.2. The van der Waals surface area contributed by atoms with Crippen LogP contribution in [-0.2, 0) is 22.5 Å². The summed E-state index contributed by atoms with van der Waals surface area (Å²) in [7, 11) is 0. The van der Waals surface area contributed by atoms with Crippen molar-refractivity contribution in [3.63, 3.8) is 0 Å². The molecule has 3 heterocycles. The predicted octanol–water partition coefficient (Wildman–Crippen LogP) is 2.51. The third-order valence-corrected chi connectivity index (χ3v) is 7.33. The molecular weight excluding hydrogens is 370 g/mol. The van der Waals surface area contributed by atoms with Gasteiger partial charge in [0.15, 0.2) is 0 Å². The zero-order valence-corrected chi connectivity index (χ0v) is 17.8. The molecule has 6 heteroatoms. The molecule has 0 bridgehead atoms. The van der Waals surface area contributed by atoms with Gasteiger partial charge in [-0.3, -0.25) is 9.69 Å². The Morgan fingerprint density at radius 3 is 2.75 bits per heavy atom. The van der Waals surface area contributed by atoms with Crippen molar-refractivity contribution in [1.82, 2.24) is 9.80 Å². The van der Waals surface area contributed by atoms with Gasteiger partial charge in [0.2, 0.25) is 5.91 Å². The fourth-order valence-electron chi connectivity index (χ4n) is 4.91. The van der Waals surface area contributed by atoms with Crippen LogP contribution in [0.2, 0.25) is 0 Å². The number of rotatable bonds is 3. The van der Waals surface area contributed by atoms with E-state index in [4.69, 9.17) is 10.5 Å². The number of benzene rings is 1. The van der Waals surface area contributed by atoms with Gasteiger partial charge in [0.1, 0.15) is 0 Å². The molecule has 2 saturated heterocycles. The Bertz CT molecular complexity index is 692. The van der Waals surface area contributed by atoms with E-state index in [-0.39, 0.29) is 12.0 Å².